The summed E-state index contributed by atoms with van der Waals surface area (Å²) < 4.78 is 7.64. The van der Waals surface area contributed by atoms with Crippen LogP contribution in [0.3, 0.4) is 0 Å². The molecule has 102 valence electrons. The van der Waals surface area contributed by atoms with E-state index >= 15 is 0 Å². The third kappa shape index (κ3) is 2.52. The van der Waals surface area contributed by atoms with Gasteiger partial charge in [-0.05, 0) is 55.3 Å². The van der Waals surface area contributed by atoms with Crippen molar-refractivity contribution in [3.05, 3.63) is 54.4 Å². The lowest BCUT2D eigenvalue weighted by molar-refractivity contribution is 0.317. The highest BCUT2D eigenvalue weighted by Gasteiger charge is 2.04. The number of rotatable bonds is 4. The number of ether oxygens (including phenoxy) is 1. The van der Waals surface area contributed by atoms with E-state index in [4.69, 9.17) is 4.74 Å². The van der Waals surface area contributed by atoms with Crippen LogP contribution in [-0.2, 0) is 0 Å². The first-order chi connectivity index (χ1) is 9.76. The lowest BCUT2D eigenvalue weighted by Crippen LogP contribution is -1.94. The molecular weight excluding hydrogens is 248 g/mol. The van der Waals surface area contributed by atoms with E-state index < -0.39 is 0 Å². The largest absolute Gasteiger partial charge is 0.494 e. The molecule has 0 fully saturated rings. The van der Waals surface area contributed by atoms with Gasteiger partial charge in [-0.3, -0.25) is 0 Å². The fraction of sp³-hybridized carbons (Fsp3) is 0.235. The topological polar surface area (TPSA) is 26.5 Å². The molecule has 20 heavy (non-hydrogen) atoms. The maximum atomic E-state index is 5.60. The number of aromatic nitrogens is 2. The third-order valence-corrected chi connectivity index (χ3v) is 3.24. The number of nitrogens with zero attached hydrogens (tertiary/aromatic N) is 2. The van der Waals surface area contributed by atoms with Crippen molar-refractivity contribution in [3.8, 4) is 17.0 Å². The zero-order valence-corrected chi connectivity index (χ0v) is 11.8. The second kappa shape index (κ2) is 5.37. The molecule has 3 heteroatoms. The van der Waals surface area contributed by atoms with Gasteiger partial charge in [0.1, 0.15) is 11.4 Å². The summed E-state index contributed by atoms with van der Waals surface area (Å²) in [6.45, 7) is 4.94. The number of hydrogen-bond donors (Lipinski definition) is 0. The molecule has 2 aromatic heterocycles. The number of aryl methyl sites for hydroxylation is 1. The van der Waals surface area contributed by atoms with Crippen molar-refractivity contribution < 1.29 is 4.74 Å². The number of benzene rings is 1. The van der Waals surface area contributed by atoms with Crippen LogP contribution >= 0.6 is 0 Å². The number of hydrogen-bond acceptors (Lipinski definition) is 2. The van der Waals surface area contributed by atoms with E-state index in [-0.39, 0.29) is 0 Å². The standard InChI is InChI=1S/C17H18N2O/c1-3-10-20-15-6-4-14(5-7-15)16-12-19-9-8-13(2)11-17(19)18-16/h4-9,11-12H,3,10H2,1-2H3. The minimum atomic E-state index is 0.757. The van der Waals surface area contributed by atoms with Crippen molar-refractivity contribution >= 4 is 5.65 Å². The molecule has 0 amide bonds. The van der Waals surface area contributed by atoms with E-state index in [9.17, 15) is 0 Å². The molecule has 0 bridgehead atoms. The summed E-state index contributed by atoms with van der Waals surface area (Å²) in [5, 5.41) is 0. The monoisotopic (exact) mass is 266 g/mol. The fourth-order valence-corrected chi connectivity index (χ4v) is 2.16. The predicted octanol–water partition coefficient (Wildman–Crippen LogP) is 4.10. The van der Waals surface area contributed by atoms with E-state index in [1.165, 1.54) is 5.56 Å². The summed E-state index contributed by atoms with van der Waals surface area (Å²) in [5.41, 5.74) is 4.29. The first-order valence-electron chi connectivity index (χ1n) is 6.95. The fourth-order valence-electron chi connectivity index (χ4n) is 2.16. The summed E-state index contributed by atoms with van der Waals surface area (Å²) >= 11 is 0. The van der Waals surface area contributed by atoms with Crippen LogP contribution in [0, 0.1) is 6.92 Å². The summed E-state index contributed by atoms with van der Waals surface area (Å²) in [7, 11) is 0. The van der Waals surface area contributed by atoms with Crippen LogP contribution in [0.1, 0.15) is 18.9 Å². The summed E-state index contributed by atoms with van der Waals surface area (Å²) in [6.07, 6.45) is 5.12. The summed E-state index contributed by atoms with van der Waals surface area (Å²) in [5.74, 6) is 0.912. The van der Waals surface area contributed by atoms with Gasteiger partial charge in [-0.25, -0.2) is 4.98 Å². The highest BCUT2D eigenvalue weighted by molar-refractivity contribution is 5.63. The van der Waals surface area contributed by atoms with E-state index in [0.29, 0.717) is 0 Å². The number of pyridine rings is 1. The molecule has 0 aliphatic rings. The molecule has 0 radical (unpaired) electrons. The molecule has 3 aromatic rings. The van der Waals surface area contributed by atoms with Crippen molar-refractivity contribution in [2.75, 3.05) is 6.61 Å². The molecule has 0 spiro atoms. The van der Waals surface area contributed by atoms with Crippen molar-refractivity contribution in [1.82, 2.24) is 9.38 Å². The minimum absolute atomic E-state index is 0.757. The molecule has 0 unspecified atom stereocenters. The average molecular weight is 266 g/mol. The molecule has 1 aromatic carbocycles. The van der Waals surface area contributed by atoms with Gasteiger partial charge < -0.3 is 9.14 Å². The lowest BCUT2D eigenvalue weighted by atomic mass is 10.2. The smallest absolute Gasteiger partial charge is 0.137 e. The number of imidazole rings is 1. The lowest BCUT2D eigenvalue weighted by Gasteiger charge is -2.04. The van der Waals surface area contributed by atoms with E-state index in [1.54, 1.807) is 0 Å². The Kier molecular flexibility index (Phi) is 3.42. The second-order valence-electron chi connectivity index (χ2n) is 4.97. The van der Waals surface area contributed by atoms with E-state index in [0.717, 1.165) is 35.7 Å². The Morgan fingerprint density at radius 3 is 2.70 bits per heavy atom. The van der Waals surface area contributed by atoms with Crippen LogP contribution in [0.15, 0.2) is 48.8 Å². The van der Waals surface area contributed by atoms with Gasteiger partial charge in [-0.1, -0.05) is 6.92 Å². The molecule has 0 aliphatic heterocycles. The van der Waals surface area contributed by atoms with Gasteiger partial charge in [0.05, 0.1) is 12.3 Å². The molecule has 0 saturated carbocycles. The van der Waals surface area contributed by atoms with Gasteiger partial charge in [0.15, 0.2) is 0 Å². The van der Waals surface area contributed by atoms with Crippen LogP contribution in [0.2, 0.25) is 0 Å². The molecule has 0 atom stereocenters. The average Bonchev–Trinajstić information content (AvgIpc) is 2.88. The van der Waals surface area contributed by atoms with Crippen LogP contribution in [0.25, 0.3) is 16.9 Å². The Bertz CT molecular complexity index is 713. The molecule has 0 N–H and O–H groups in total. The third-order valence-electron chi connectivity index (χ3n) is 3.24. The minimum Gasteiger partial charge on any atom is -0.494 e. The van der Waals surface area contributed by atoms with Crippen molar-refractivity contribution in [2.45, 2.75) is 20.3 Å². The maximum absolute atomic E-state index is 5.60. The van der Waals surface area contributed by atoms with Gasteiger partial charge in [-0.15, -0.1) is 0 Å². The zero-order valence-electron chi connectivity index (χ0n) is 11.8. The Hall–Kier alpha value is -2.29. The number of fused-ring (bicyclic) bond motifs is 1. The maximum Gasteiger partial charge on any atom is 0.137 e. The zero-order chi connectivity index (χ0) is 13.9. The first-order valence-corrected chi connectivity index (χ1v) is 6.95. The molecule has 0 aliphatic carbocycles. The molecule has 2 heterocycles. The van der Waals surface area contributed by atoms with Gasteiger partial charge >= 0.3 is 0 Å². The van der Waals surface area contributed by atoms with E-state index in [1.807, 2.05) is 22.7 Å². The highest BCUT2D eigenvalue weighted by atomic mass is 16.5. The Morgan fingerprint density at radius 2 is 1.95 bits per heavy atom. The van der Waals surface area contributed by atoms with Crippen molar-refractivity contribution in [1.29, 1.82) is 0 Å². The molecule has 3 rings (SSSR count). The molecule has 0 saturated heterocycles. The Balaban J connectivity index is 1.90. The van der Waals surface area contributed by atoms with E-state index in [2.05, 4.69) is 49.3 Å². The van der Waals surface area contributed by atoms with Gasteiger partial charge in [0.2, 0.25) is 0 Å². The Morgan fingerprint density at radius 1 is 1.15 bits per heavy atom. The quantitative estimate of drug-likeness (QED) is 0.710. The van der Waals surface area contributed by atoms with Crippen molar-refractivity contribution in [3.63, 3.8) is 0 Å². The SMILES string of the molecule is CCCOc1ccc(-c2cn3ccc(C)cc3n2)cc1. The normalized spacial score (nSPS) is 10.9. The van der Waals surface area contributed by atoms with Gasteiger partial charge in [0, 0.05) is 18.0 Å². The predicted molar refractivity (Wildman–Crippen MR) is 81.2 cm³/mol. The van der Waals surface area contributed by atoms with Gasteiger partial charge in [0.25, 0.3) is 0 Å². The summed E-state index contributed by atoms with van der Waals surface area (Å²) in [4.78, 5) is 4.66. The van der Waals surface area contributed by atoms with Crippen LogP contribution in [-0.4, -0.2) is 16.0 Å². The molecular formula is C17H18N2O. The first kappa shape index (κ1) is 12.7. The van der Waals surface area contributed by atoms with Crippen LogP contribution in [0.5, 0.6) is 5.75 Å². The molecule has 3 nitrogen and oxygen atoms in total. The highest BCUT2D eigenvalue weighted by Crippen LogP contribution is 2.22. The van der Waals surface area contributed by atoms with Gasteiger partial charge in [-0.2, -0.15) is 0 Å². The van der Waals surface area contributed by atoms with Crippen LogP contribution in [0.4, 0.5) is 0 Å². The second-order valence-corrected chi connectivity index (χ2v) is 4.97. The Labute approximate surface area is 118 Å². The van der Waals surface area contributed by atoms with Crippen molar-refractivity contribution in [2.24, 2.45) is 0 Å². The van der Waals surface area contributed by atoms with Crippen LogP contribution < -0.4 is 4.74 Å². The summed E-state index contributed by atoms with van der Waals surface area (Å²) in [6, 6.07) is 12.3.